The van der Waals surface area contributed by atoms with Crippen LogP contribution < -0.4 is 16.2 Å². The number of nitrogen functional groups attached to an aromatic ring is 1. The van der Waals surface area contributed by atoms with Crippen LogP contribution in [0.2, 0.25) is 0 Å². The van der Waals surface area contributed by atoms with Crippen molar-refractivity contribution in [3.8, 4) is 0 Å². The Balaban J connectivity index is 3.15. The number of ether oxygens (including phenoxy) is 1. The average Bonchev–Trinajstić information content (AvgIpc) is 2.39. The zero-order valence-electron chi connectivity index (χ0n) is 11.4. The molecule has 106 valence electrons. The third kappa shape index (κ3) is 3.80. The molecular weight excluding hydrogens is 248 g/mol. The Labute approximate surface area is 112 Å². The quantitative estimate of drug-likeness (QED) is 0.444. The lowest BCUT2D eigenvalue weighted by molar-refractivity contribution is -0.384. The lowest BCUT2D eigenvalue weighted by Gasteiger charge is -2.29. The van der Waals surface area contributed by atoms with Crippen molar-refractivity contribution in [2.45, 2.75) is 19.9 Å². The van der Waals surface area contributed by atoms with E-state index in [9.17, 15) is 10.1 Å². The lowest BCUT2D eigenvalue weighted by atomic mass is 10.2. The predicted octanol–water partition coefficient (Wildman–Crippen LogP) is 1.74. The molecule has 0 fully saturated rings. The minimum atomic E-state index is -0.431. The van der Waals surface area contributed by atoms with E-state index in [0.717, 1.165) is 12.2 Å². The van der Waals surface area contributed by atoms with Gasteiger partial charge in [0, 0.05) is 37.5 Å². The van der Waals surface area contributed by atoms with E-state index in [-0.39, 0.29) is 11.7 Å². The number of likely N-dealkylation sites (N-methyl/N-ethyl adjacent to an activating group) is 1. The van der Waals surface area contributed by atoms with E-state index in [2.05, 4.69) is 5.43 Å². The molecule has 7 heteroatoms. The number of hydrazine groups is 1. The number of nitro benzene ring substituents is 1. The van der Waals surface area contributed by atoms with Crippen LogP contribution in [0.3, 0.4) is 0 Å². The molecule has 0 aliphatic carbocycles. The standard InChI is InChI=1S/C12H20N4O3/c1-4-15(9(2)8-19-3)11-5-10(14-13)6-12(7-11)16(17)18/h5-7,9,14H,4,8,13H2,1-3H3. The summed E-state index contributed by atoms with van der Waals surface area (Å²) in [4.78, 5) is 12.5. The van der Waals surface area contributed by atoms with Crippen molar-refractivity contribution in [1.82, 2.24) is 0 Å². The molecule has 0 radical (unpaired) electrons. The summed E-state index contributed by atoms with van der Waals surface area (Å²) in [7, 11) is 1.63. The molecule has 0 amide bonds. The highest BCUT2D eigenvalue weighted by atomic mass is 16.6. The van der Waals surface area contributed by atoms with Crippen LogP contribution in [0.15, 0.2) is 18.2 Å². The number of nitro groups is 1. The molecule has 0 saturated carbocycles. The first-order valence-corrected chi connectivity index (χ1v) is 6.05. The third-order valence-electron chi connectivity index (χ3n) is 2.89. The van der Waals surface area contributed by atoms with Crippen LogP contribution in [0.1, 0.15) is 13.8 Å². The minimum absolute atomic E-state index is 0.00789. The van der Waals surface area contributed by atoms with Crippen LogP contribution in [-0.4, -0.2) is 31.2 Å². The summed E-state index contributed by atoms with van der Waals surface area (Å²) in [6.07, 6.45) is 0. The van der Waals surface area contributed by atoms with Gasteiger partial charge in [0.1, 0.15) is 0 Å². The van der Waals surface area contributed by atoms with Crippen molar-refractivity contribution in [2.24, 2.45) is 5.84 Å². The molecule has 1 unspecified atom stereocenters. The maximum Gasteiger partial charge on any atom is 0.273 e. The second-order valence-electron chi connectivity index (χ2n) is 4.23. The molecule has 1 aromatic rings. The molecule has 0 saturated heterocycles. The van der Waals surface area contributed by atoms with Crippen LogP contribution in [0.4, 0.5) is 17.1 Å². The number of rotatable bonds is 7. The Morgan fingerprint density at radius 2 is 2.21 bits per heavy atom. The third-order valence-corrected chi connectivity index (χ3v) is 2.89. The zero-order chi connectivity index (χ0) is 14.4. The SMILES string of the molecule is CCN(c1cc(NN)cc([N+](=O)[O-])c1)C(C)COC. The van der Waals surface area contributed by atoms with Gasteiger partial charge < -0.3 is 15.1 Å². The van der Waals surface area contributed by atoms with Gasteiger partial charge in [-0.15, -0.1) is 0 Å². The Hall–Kier alpha value is -1.86. The van der Waals surface area contributed by atoms with Crippen LogP contribution in [0.5, 0.6) is 0 Å². The van der Waals surface area contributed by atoms with Gasteiger partial charge in [-0.25, -0.2) is 0 Å². The van der Waals surface area contributed by atoms with Crippen LogP contribution in [0, 0.1) is 10.1 Å². The van der Waals surface area contributed by atoms with Crippen molar-refractivity contribution in [3.05, 3.63) is 28.3 Å². The monoisotopic (exact) mass is 268 g/mol. The summed E-state index contributed by atoms with van der Waals surface area (Å²) in [6, 6.07) is 4.83. The average molecular weight is 268 g/mol. The molecule has 0 bridgehead atoms. The maximum atomic E-state index is 10.9. The fourth-order valence-corrected chi connectivity index (χ4v) is 2.03. The second kappa shape index (κ2) is 6.91. The van der Waals surface area contributed by atoms with Gasteiger partial charge in [0.15, 0.2) is 0 Å². The highest BCUT2D eigenvalue weighted by Crippen LogP contribution is 2.27. The molecule has 1 atom stereocenters. The van der Waals surface area contributed by atoms with Crippen LogP contribution >= 0.6 is 0 Å². The molecular formula is C12H20N4O3. The van der Waals surface area contributed by atoms with Crippen LogP contribution in [-0.2, 0) is 4.74 Å². The predicted molar refractivity (Wildman–Crippen MR) is 75.3 cm³/mol. The van der Waals surface area contributed by atoms with Crippen molar-refractivity contribution in [3.63, 3.8) is 0 Å². The molecule has 7 nitrogen and oxygen atoms in total. The maximum absolute atomic E-state index is 10.9. The number of hydrogen-bond acceptors (Lipinski definition) is 6. The number of nitrogens with two attached hydrogens (primary N) is 1. The lowest BCUT2D eigenvalue weighted by Crippen LogP contribution is -2.36. The smallest absolute Gasteiger partial charge is 0.273 e. The molecule has 0 aliphatic rings. The largest absolute Gasteiger partial charge is 0.383 e. The topological polar surface area (TPSA) is 93.7 Å². The highest BCUT2D eigenvalue weighted by Gasteiger charge is 2.17. The molecule has 0 heterocycles. The van der Waals surface area contributed by atoms with Gasteiger partial charge in [-0.1, -0.05) is 0 Å². The molecule has 3 N–H and O–H groups in total. The van der Waals surface area contributed by atoms with Crippen molar-refractivity contribution >= 4 is 17.1 Å². The fraction of sp³-hybridized carbons (Fsp3) is 0.500. The number of anilines is 2. The number of hydrogen-bond donors (Lipinski definition) is 2. The van der Waals surface area contributed by atoms with Crippen molar-refractivity contribution in [2.75, 3.05) is 30.6 Å². The summed E-state index contributed by atoms with van der Waals surface area (Å²) < 4.78 is 5.13. The van der Waals surface area contributed by atoms with E-state index < -0.39 is 4.92 Å². The van der Waals surface area contributed by atoms with Gasteiger partial charge in [-0.3, -0.25) is 16.0 Å². The van der Waals surface area contributed by atoms with E-state index in [0.29, 0.717) is 12.3 Å². The zero-order valence-corrected chi connectivity index (χ0v) is 11.4. The van der Waals surface area contributed by atoms with Gasteiger partial charge in [-0.2, -0.15) is 0 Å². The Morgan fingerprint density at radius 1 is 1.53 bits per heavy atom. The van der Waals surface area contributed by atoms with Crippen LogP contribution in [0.25, 0.3) is 0 Å². The number of benzene rings is 1. The van der Waals surface area contributed by atoms with Gasteiger partial charge >= 0.3 is 0 Å². The van der Waals surface area contributed by atoms with Crippen molar-refractivity contribution in [1.29, 1.82) is 0 Å². The molecule has 1 rings (SSSR count). The molecule has 0 aliphatic heterocycles. The Bertz CT molecular complexity index is 439. The molecule has 1 aromatic carbocycles. The van der Waals surface area contributed by atoms with Gasteiger partial charge in [0.05, 0.1) is 17.2 Å². The summed E-state index contributed by atoms with van der Waals surface area (Å²) in [5, 5.41) is 10.9. The number of nitrogens with zero attached hydrogens (tertiary/aromatic N) is 2. The molecule has 0 spiro atoms. The van der Waals surface area contributed by atoms with Gasteiger partial charge in [-0.05, 0) is 19.9 Å². The summed E-state index contributed by atoms with van der Waals surface area (Å²) in [6.45, 7) is 5.25. The fourth-order valence-electron chi connectivity index (χ4n) is 2.03. The minimum Gasteiger partial charge on any atom is -0.383 e. The van der Waals surface area contributed by atoms with E-state index >= 15 is 0 Å². The summed E-state index contributed by atoms with van der Waals surface area (Å²) in [5.74, 6) is 5.35. The van der Waals surface area contributed by atoms with E-state index in [1.807, 2.05) is 18.7 Å². The number of non-ortho nitro benzene ring substituents is 1. The first-order chi connectivity index (χ1) is 9.03. The number of methoxy groups -OCH3 is 1. The van der Waals surface area contributed by atoms with Gasteiger partial charge in [0.25, 0.3) is 5.69 Å². The van der Waals surface area contributed by atoms with Crippen molar-refractivity contribution < 1.29 is 9.66 Å². The molecule has 19 heavy (non-hydrogen) atoms. The van der Waals surface area contributed by atoms with E-state index in [1.54, 1.807) is 13.2 Å². The van der Waals surface area contributed by atoms with E-state index in [4.69, 9.17) is 10.6 Å². The number of nitrogens with one attached hydrogen (secondary N) is 1. The van der Waals surface area contributed by atoms with E-state index in [1.165, 1.54) is 12.1 Å². The highest BCUT2D eigenvalue weighted by molar-refractivity contribution is 5.64. The molecule has 0 aromatic heterocycles. The Morgan fingerprint density at radius 3 is 2.68 bits per heavy atom. The van der Waals surface area contributed by atoms with Gasteiger partial charge in [0.2, 0.25) is 0 Å². The second-order valence-corrected chi connectivity index (χ2v) is 4.23. The summed E-state index contributed by atoms with van der Waals surface area (Å²) in [5.41, 5.74) is 3.71. The normalized spacial score (nSPS) is 12.0. The first-order valence-electron chi connectivity index (χ1n) is 6.05. The summed E-state index contributed by atoms with van der Waals surface area (Å²) >= 11 is 0. The Kier molecular flexibility index (Phi) is 5.53. The first kappa shape index (κ1) is 15.2.